The summed E-state index contributed by atoms with van der Waals surface area (Å²) in [4.78, 5) is 4.02. The maximum Gasteiger partial charge on any atom is 0.156 e. The number of nitrogens with one attached hydrogen (secondary N) is 1. The van der Waals surface area contributed by atoms with Crippen LogP contribution in [0.4, 0.5) is 0 Å². The SMILES string of the molecule is O=S(=O)(Cc1ccccn1)CC1CNC1. The van der Waals surface area contributed by atoms with Crippen molar-refractivity contribution >= 4 is 9.84 Å². The van der Waals surface area contributed by atoms with Gasteiger partial charge in [-0.25, -0.2) is 8.42 Å². The molecule has 5 heteroatoms. The Morgan fingerprint density at radius 3 is 2.73 bits per heavy atom. The van der Waals surface area contributed by atoms with Gasteiger partial charge >= 0.3 is 0 Å². The van der Waals surface area contributed by atoms with Crippen molar-refractivity contribution in [3.63, 3.8) is 0 Å². The number of nitrogens with zero attached hydrogens (tertiary/aromatic N) is 1. The van der Waals surface area contributed by atoms with Crippen LogP contribution in [-0.4, -0.2) is 32.2 Å². The van der Waals surface area contributed by atoms with Crippen LogP contribution >= 0.6 is 0 Å². The van der Waals surface area contributed by atoms with E-state index in [9.17, 15) is 8.42 Å². The number of sulfone groups is 1. The van der Waals surface area contributed by atoms with Gasteiger partial charge in [-0.3, -0.25) is 4.98 Å². The fourth-order valence-electron chi connectivity index (χ4n) is 1.59. The van der Waals surface area contributed by atoms with Crippen LogP contribution < -0.4 is 5.32 Å². The first kappa shape index (κ1) is 10.6. The zero-order valence-corrected chi connectivity index (χ0v) is 9.20. The van der Waals surface area contributed by atoms with Crippen LogP contribution in [-0.2, 0) is 15.6 Å². The standard InChI is InChI=1S/C10H14N2O2S/c13-15(14,7-9-5-11-6-9)8-10-3-1-2-4-12-10/h1-4,9,11H,5-8H2. The summed E-state index contributed by atoms with van der Waals surface area (Å²) in [7, 11) is -3.00. The minimum atomic E-state index is -3.00. The Morgan fingerprint density at radius 1 is 1.40 bits per heavy atom. The number of hydrogen-bond donors (Lipinski definition) is 1. The van der Waals surface area contributed by atoms with E-state index in [0.29, 0.717) is 11.6 Å². The molecule has 4 nitrogen and oxygen atoms in total. The molecule has 0 amide bonds. The van der Waals surface area contributed by atoms with Gasteiger partial charge < -0.3 is 5.32 Å². The zero-order chi connectivity index (χ0) is 10.7. The summed E-state index contributed by atoms with van der Waals surface area (Å²) in [5, 5.41) is 3.07. The van der Waals surface area contributed by atoms with E-state index in [1.807, 2.05) is 6.07 Å². The summed E-state index contributed by atoms with van der Waals surface area (Å²) < 4.78 is 23.5. The van der Waals surface area contributed by atoms with Crippen LogP contribution in [0.15, 0.2) is 24.4 Å². The molecule has 2 rings (SSSR count). The van der Waals surface area contributed by atoms with Gasteiger partial charge in [-0.1, -0.05) is 6.07 Å². The van der Waals surface area contributed by atoms with Crippen molar-refractivity contribution in [3.8, 4) is 0 Å². The molecule has 1 aliphatic rings. The lowest BCUT2D eigenvalue weighted by atomic mass is 10.1. The van der Waals surface area contributed by atoms with Gasteiger partial charge in [-0.15, -0.1) is 0 Å². The smallest absolute Gasteiger partial charge is 0.156 e. The second-order valence-electron chi connectivity index (χ2n) is 3.90. The Hall–Kier alpha value is -0.940. The van der Waals surface area contributed by atoms with Crippen molar-refractivity contribution in [2.24, 2.45) is 5.92 Å². The molecule has 0 unspecified atom stereocenters. The summed E-state index contributed by atoms with van der Waals surface area (Å²) in [6.45, 7) is 1.64. The van der Waals surface area contributed by atoms with Crippen LogP contribution in [0.3, 0.4) is 0 Å². The monoisotopic (exact) mass is 226 g/mol. The molecule has 0 atom stereocenters. The van der Waals surface area contributed by atoms with Gasteiger partial charge in [0.25, 0.3) is 0 Å². The van der Waals surface area contributed by atoms with Gasteiger partial charge in [-0.05, 0) is 18.1 Å². The van der Waals surface area contributed by atoms with E-state index >= 15 is 0 Å². The molecule has 82 valence electrons. The molecular formula is C10H14N2O2S. The normalized spacial score (nSPS) is 17.3. The average Bonchev–Trinajstić information content (AvgIpc) is 2.13. The minimum absolute atomic E-state index is 0.0599. The van der Waals surface area contributed by atoms with E-state index in [1.165, 1.54) is 0 Å². The van der Waals surface area contributed by atoms with Crippen molar-refractivity contribution < 1.29 is 8.42 Å². The molecule has 0 radical (unpaired) electrons. The Kier molecular flexibility index (Phi) is 3.02. The molecule has 1 aromatic heterocycles. The quantitative estimate of drug-likeness (QED) is 0.797. The Bertz CT molecular complexity index is 412. The molecule has 1 fully saturated rings. The van der Waals surface area contributed by atoms with Gasteiger partial charge in [-0.2, -0.15) is 0 Å². The first-order valence-electron chi connectivity index (χ1n) is 4.97. The topological polar surface area (TPSA) is 59.1 Å². The lowest BCUT2D eigenvalue weighted by Gasteiger charge is -2.26. The molecule has 1 saturated heterocycles. The van der Waals surface area contributed by atoms with Crippen LogP contribution in [0, 0.1) is 5.92 Å². The van der Waals surface area contributed by atoms with Crippen molar-refractivity contribution in [1.82, 2.24) is 10.3 Å². The Balaban J connectivity index is 1.98. The van der Waals surface area contributed by atoms with E-state index in [-0.39, 0.29) is 11.5 Å². The molecule has 1 aromatic rings. The summed E-state index contributed by atoms with van der Waals surface area (Å²) >= 11 is 0. The van der Waals surface area contributed by atoms with E-state index in [0.717, 1.165) is 13.1 Å². The molecule has 0 spiro atoms. The number of rotatable bonds is 4. The third-order valence-corrected chi connectivity index (χ3v) is 4.16. The van der Waals surface area contributed by atoms with Crippen LogP contribution in [0.2, 0.25) is 0 Å². The van der Waals surface area contributed by atoms with Gasteiger partial charge in [0.05, 0.1) is 17.2 Å². The first-order valence-corrected chi connectivity index (χ1v) is 6.79. The number of pyridine rings is 1. The fourth-order valence-corrected chi connectivity index (χ4v) is 3.29. The molecule has 0 saturated carbocycles. The highest BCUT2D eigenvalue weighted by Gasteiger charge is 2.24. The Morgan fingerprint density at radius 2 is 2.20 bits per heavy atom. The average molecular weight is 226 g/mol. The minimum Gasteiger partial charge on any atom is -0.316 e. The van der Waals surface area contributed by atoms with Crippen molar-refractivity contribution in [3.05, 3.63) is 30.1 Å². The van der Waals surface area contributed by atoms with Crippen LogP contribution in [0.25, 0.3) is 0 Å². The lowest BCUT2D eigenvalue weighted by molar-refractivity contribution is 0.378. The van der Waals surface area contributed by atoms with Crippen LogP contribution in [0.5, 0.6) is 0 Å². The molecule has 0 aromatic carbocycles. The summed E-state index contributed by atoms with van der Waals surface area (Å²) in [5.41, 5.74) is 0.629. The van der Waals surface area contributed by atoms with Gasteiger partial charge in [0, 0.05) is 19.3 Å². The van der Waals surface area contributed by atoms with E-state index in [2.05, 4.69) is 10.3 Å². The summed E-state index contributed by atoms with van der Waals surface area (Å²) in [6, 6.07) is 5.34. The molecule has 0 aliphatic carbocycles. The van der Waals surface area contributed by atoms with Crippen molar-refractivity contribution in [2.45, 2.75) is 5.75 Å². The molecule has 2 heterocycles. The summed E-state index contributed by atoms with van der Waals surface area (Å²) in [6.07, 6.45) is 1.62. The predicted molar refractivity (Wildman–Crippen MR) is 58.1 cm³/mol. The highest BCUT2D eigenvalue weighted by molar-refractivity contribution is 7.90. The highest BCUT2D eigenvalue weighted by atomic mass is 32.2. The molecule has 1 N–H and O–H groups in total. The van der Waals surface area contributed by atoms with Crippen molar-refractivity contribution in [2.75, 3.05) is 18.8 Å². The Labute approximate surface area is 89.6 Å². The summed E-state index contributed by atoms with van der Waals surface area (Å²) in [5.74, 6) is 0.625. The van der Waals surface area contributed by atoms with E-state index in [4.69, 9.17) is 0 Å². The highest BCUT2D eigenvalue weighted by Crippen LogP contribution is 2.11. The first-order chi connectivity index (χ1) is 7.16. The van der Waals surface area contributed by atoms with E-state index in [1.54, 1.807) is 18.3 Å². The van der Waals surface area contributed by atoms with E-state index < -0.39 is 9.84 Å². The zero-order valence-electron chi connectivity index (χ0n) is 8.39. The van der Waals surface area contributed by atoms with Gasteiger partial charge in [0.2, 0.25) is 0 Å². The van der Waals surface area contributed by atoms with Gasteiger partial charge in [0.15, 0.2) is 9.84 Å². The molecule has 0 bridgehead atoms. The molecule has 15 heavy (non-hydrogen) atoms. The number of hydrogen-bond acceptors (Lipinski definition) is 4. The third kappa shape index (κ3) is 3.00. The second kappa shape index (κ2) is 4.28. The van der Waals surface area contributed by atoms with Gasteiger partial charge in [0.1, 0.15) is 0 Å². The maximum absolute atomic E-state index is 11.7. The number of aromatic nitrogens is 1. The van der Waals surface area contributed by atoms with Crippen LogP contribution in [0.1, 0.15) is 5.69 Å². The fraction of sp³-hybridized carbons (Fsp3) is 0.500. The lowest BCUT2D eigenvalue weighted by Crippen LogP contribution is -2.45. The third-order valence-electron chi connectivity index (χ3n) is 2.45. The largest absolute Gasteiger partial charge is 0.316 e. The molecular weight excluding hydrogens is 212 g/mol. The predicted octanol–water partition coefficient (Wildman–Crippen LogP) is 0.216. The van der Waals surface area contributed by atoms with Crippen molar-refractivity contribution in [1.29, 1.82) is 0 Å². The molecule has 1 aliphatic heterocycles. The maximum atomic E-state index is 11.7. The second-order valence-corrected chi connectivity index (χ2v) is 6.01.